The number of nitrogens with zero attached hydrogens (tertiary/aromatic N) is 1. The molecule has 0 aliphatic carbocycles. The van der Waals surface area contributed by atoms with Crippen molar-refractivity contribution >= 4 is 30.0 Å². The summed E-state index contributed by atoms with van der Waals surface area (Å²) >= 11 is 4.33. The maximum absolute atomic E-state index is 12.0. The first-order valence-electron chi connectivity index (χ1n) is 6.23. The molecule has 1 aliphatic rings. The highest BCUT2D eigenvalue weighted by molar-refractivity contribution is 7.81. The van der Waals surface area contributed by atoms with Crippen LogP contribution in [0.15, 0.2) is 12.1 Å². The summed E-state index contributed by atoms with van der Waals surface area (Å²) in [5, 5.41) is -0.0181. The molecule has 1 aliphatic heterocycles. The molecule has 0 N–H and O–H groups in total. The van der Waals surface area contributed by atoms with Gasteiger partial charge < -0.3 is 14.4 Å². The Morgan fingerprint density at radius 1 is 1.30 bits per heavy atom. The largest absolute Gasteiger partial charge is 0.493 e. The molecular formula is C14H17NO4S. The molecule has 1 heterocycles. The summed E-state index contributed by atoms with van der Waals surface area (Å²) < 4.78 is 10.4. The van der Waals surface area contributed by atoms with E-state index >= 15 is 0 Å². The average molecular weight is 295 g/mol. The minimum Gasteiger partial charge on any atom is -0.493 e. The molecule has 108 valence electrons. The van der Waals surface area contributed by atoms with Crippen LogP contribution >= 0.6 is 12.6 Å². The van der Waals surface area contributed by atoms with Crippen LogP contribution in [0.1, 0.15) is 23.7 Å². The van der Waals surface area contributed by atoms with Gasteiger partial charge in [-0.25, -0.2) is 0 Å². The molecule has 0 radical (unpaired) electrons. The number of rotatable bonds is 4. The van der Waals surface area contributed by atoms with Crippen LogP contribution < -0.4 is 14.4 Å². The van der Waals surface area contributed by atoms with E-state index in [9.17, 15) is 9.59 Å². The lowest BCUT2D eigenvalue weighted by Crippen LogP contribution is -2.26. The van der Waals surface area contributed by atoms with Crippen molar-refractivity contribution in [2.24, 2.45) is 0 Å². The summed E-state index contributed by atoms with van der Waals surface area (Å²) in [7, 11) is 3.02. The molecular weight excluding hydrogens is 278 g/mol. The van der Waals surface area contributed by atoms with Gasteiger partial charge in [-0.1, -0.05) is 0 Å². The predicted octanol–water partition coefficient (Wildman–Crippen LogP) is 1.94. The first kappa shape index (κ1) is 14.7. The van der Waals surface area contributed by atoms with Gasteiger partial charge in [0, 0.05) is 29.8 Å². The number of hydrogen-bond acceptors (Lipinski definition) is 5. The van der Waals surface area contributed by atoms with E-state index in [1.54, 1.807) is 17.0 Å². The third kappa shape index (κ3) is 2.60. The van der Waals surface area contributed by atoms with Gasteiger partial charge in [-0.05, 0) is 13.0 Å². The second kappa shape index (κ2) is 5.75. The number of amides is 1. The third-order valence-corrected chi connectivity index (χ3v) is 3.62. The number of methoxy groups -OCH3 is 2. The molecule has 0 aromatic heterocycles. The van der Waals surface area contributed by atoms with Crippen LogP contribution in [-0.2, 0) is 4.79 Å². The molecule has 1 saturated heterocycles. The van der Waals surface area contributed by atoms with Crippen molar-refractivity contribution in [3.05, 3.63) is 17.7 Å². The first-order valence-corrected chi connectivity index (χ1v) is 6.75. The molecule has 2 rings (SSSR count). The van der Waals surface area contributed by atoms with Crippen molar-refractivity contribution < 1.29 is 19.1 Å². The summed E-state index contributed by atoms with van der Waals surface area (Å²) in [5.74, 6) is 0.787. The van der Waals surface area contributed by atoms with Gasteiger partial charge in [-0.15, -0.1) is 0 Å². The van der Waals surface area contributed by atoms with Crippen molar-refractivity contribution in [3.63, 3.8) is 0 Å². The number of hydrogen-bond donors (Lipinski definition) is 1. The zero-order valence-corrected chi connectivity index (χ0v) is 12.6. The number of thiol groups is 1. The van der Waals surface area contributed by atoms with Crippen LogP contribution in [0, 0.1) is 0 Å². The molecule has 20 heavy (non-hydrogen) atoms. The highest BCUT2D eigenvalue weighted by atomic mass is 32.1. The van der Waals surface area contributed by atoms with Gasteiger partial charge in [0.1, 0.15) is 0 Å². The number of carbonyl (C=O) groups excluding carboxylic acids is 2. The lowest BCUT2D eigenvalue weighted by Gasteiger charge is -2.21. The Hall–Kier alpha value is -1.69. The van der Waals surface area contributed by atoms with Crippen LogP contribution in [0.4, 0.5) is 5.69 Å². The lowest BCUT2D eigenvalue weighted by molar-refractivity contribution is -0.117. The average Bonchev–Trinajstić information content (AvgIpc) is 2.75. The second-order valence-corrected chi connectivity index (χ2v) is 5.37. The van der Waals surface area contributed by atoms with Crippen molar-refractivity contribution in [3.8, 4) is 11.5 Å². The first-order chi connectivity index (χ1) is 9.47. The number of ether oxygens (including phenoxy) is 2. The number of anilines is 1. The van der Waals surface area contributed by atoms with E-state index in [4.69, 9.17) is 9.47 Å². The van der Waals surface area contributed by atoms with E-state index < -0.39 is 0 Å². The second-order valence-electron chi connectivity index (χ2n) is 4.64. The molecule has 1 atom stereocenters. The molecule has 5 nitrogen and oxygen atoms in total. The number of ketones is 1. The zero-order chi connectivity index (χ0) is 14.9. The van der Waals surface area contributed by atoms with E-state index in [1.165, 1.54) is 21.1 Å². The maximum atomic E-state index is 12.0. The molecule has 1 unspecified atom stereocenters. The Kier molecular flexibility index (Phi) is 4.23. The fourth-order valence-corrected chi connectivity index (χ4v) is 2.61. The Balaban J connectivity index is 2.55. The van der Waals surface area contributed by atoms with E-state index in [0.717, 1.165) is 0 Å². The summed E-state index contributed by atoms with van der Waals surface area (Å²) in [6.07, 6.45) is 0.370. The SMILES string of the molecule is COc1cc(C(C)=O)c(N2CC(S)CC2=O)cc1OC. The van der Waals surface area contributed by atoms with Crippen molar-refractivity contribution in [1.82, 2.24) is 0 Å². The Bertz CT molecular complexity index is 558. The van der Waals surface area contributed by atoms with Crippen LogP contribution in [0.25, 0.3) is 0 Å². The predicted molar refractivity (Wildman–Crippen MR) is 79.3 cm³/mol. The van der Waals surface area contributed by atoms with Crippen LogP contribution in [0.5, 0.6) is 11.5 Å². The third-order valence-electron chi connectivity index (χ3n) is 3.28. The van der Waals surface area contributed by atoms with Gasteiger partial charge in [-0.3, -0.25) is 9.59 Å². The molecule has 0 saturated carbocycles. The minimum atomic E-state index is -0.128. The molecule has 6 heteroatoms. The van der Waals surface area contributed by atoms with E-state index in [-0.39, 0.29) is 16.9 Å². The fourth-order valence-electron chi connectivity index (χ4n) is 2.30. The van der Waals surface area contributed by atoms with Gasteiger partial charge in [0.05, 0.1) is 19.9 Å². The van der Waals surface area contributed by atoms with Crippen molar-refractivity contribution in [2.75, 3.05) is 25.7 Å². The van der Waals surface area contributed by atoms with Crippen molar-refractivity contribution in [2.45, 2.75) is 18.6 Å². The Labute approximate surface area is 123 Å². The Morgan fingerprint density at radius 3 is 2.35 bits per heavy atom. The van der Waals surface area contributed by atoms with Crippen LogP contribution in [-0.4, -0.2) is 37.7 Å². The van der Waals surface area contributed by atoms with Crippen LogP contribution in [0.2, 0.25) is 0 Å². The summed E-state index contributed by atoms with van der Waals surface area (Å²) in [5.41, 5.74) is 0.995. The van der Waals surface area contributed by atoms with Gasteiger partial charge in [0.2, 0.25) is 5.91 Å². The van der Waals surface area contributed by atoms with E-state index in [1.807, 2.05) is 0 Å². The highest BCUT2D eigenvalue weighted by Crippen LogP contribution is 2.37. The molecule has 0 spiro atoms. The molecule has 1 aromatic rings. The van der Waals surface area contributed by atoms with Gasteiger partial charge in [0.15, 0.2) is 17.3 Å². The normalized spacial score (nSPS) is 18.3. The molecule has 0 bridgehead atoms. The minimum absolute atomic E-state index is 0.0181. The smallest absolute Gasteiger partial charge is 0.228 e. The topological polar surface area (TPSA) is 55.8 Å². The summed E-state index contributed by atoms with van der Waals surface area (Å²) in [6.45, 7) is 1.95. The number of Topliss-reactive ketones (excluding diaryl/α,β-unsaturated/α-hetero) is 1. The molecule has 1 fully saturated rings. The van der Waals surface area contributed by atoms with E-state index in [2.05, 4.69) is 12.6 Å². The van der Waals surface area contributed by atoms with E-state index in [0.29, 0.717) is 35.7 Å². The molecule has 1 aromatic carbocycles. The lowest BCUT2D eigenvalue weighted by atomic mass is 10.1. The van der Waals surface area contributed by atoms with Gasteiger partial charge in [-0.2, -0.15) is 12.6 Å². The standard InChI is InChI=1S/C14H17NO4S/c1-8(16)10-5-12(18-2)13(19-3)6-11(10)15-7-9(20)4-14(15)17/h5-6,9,20H,4,7H2,1-3H3. The number of benzene rings is 1. The van der Waals surface area contributed by atoms with Crippen molar-refractivity contribution in [1.29, 1.82) is 0 Å². The monoisotopic (exact) mass is 295 g/mol. The van der Waals surface area contributed by atoms with Gasteiger partial charge >= 0.3 is 0 Å². The fraction of sp³-hybridized carbons (Fsp3) is 0.429. The highest BCUT2D eigenvalue weighted by Gasteiger charge is 2.31. The summed E-state index contributed by atoms with van der Waals surface area (Å²) in [6, 6.07) is 3.27. The Morgan fingerprint density at radius 2 is 1.90 bits per heavy atom. The van der Waals surface area contributed by atoms with Gasteiger partial charge in [0.25, 0.3) is 0 Å². The number of carbonyl (C=O) groups is 2. The molecule has 1 amide bonds. The quantitative estimate of drug-likeness (QED) is 0.681. The maximum Gasteiger partial charge on any atom is 0.228 e. The summed E-state index contributed by atoms with van der Waals surface area (Å²) in [4.78, 5) is 25.4. The zero-order valence-electron chi connectivity index (χ0n) is 11.7. The van der Waals surface area contributed by atoms with Crippen LogP contribution in [0.3, 0.4) is 0 Å².